The number of carboxylic acid groups (broad SMARTS) is 1. The summed E-state index contributed by atoms with van der Waals surface area (Å²) in [5.41, 5.74) is 2.04. The van der Waals surface area contributed by atoms with Gasteiger partial charge < -0.3 is 5.11 Å². The first-order chi connectivity index (χ1) is 14.8. The summed E-state index contributed by atoms with van der Waals surface area (Å²) in [7, 11) is -4.16. The number of carboxylic acids is 1. The molecule has 9 heteroatoms. The standard InChI is InChI=1S/C22H18N4O4S/c23-18-4-1-5-20(22(18)24)31(29,30)26-13-16(7-9-21(27)28)17-11-14(6-8-19(17)26)15-3-2-10-25-12-15/h1-6,8,10-13,23-24H,7,9H2,(H,27,28). The molecule has 0 unspecified atom stereocenters. The summed E-state index contributed by atoms with van der Waals surface area (Å²) >= 11 is 0. The summed E-state index contributed by atoms with van der Waals surface area (Å²) in [4.78, 5) is 15.0. The highest BCUT2D eigenvalue weighted by molar-refractivity contribution is 7.95. The minimum Gasteiger partial charge on any atom is -0.481 e. The largest absolute Gasteiger partial charge is 0.481 e. The smallest absolute Gasteiger partial charge is 0.303 e. The van der Waals surface area contributed by atoms with Crippen molar-refractivity contribution in [3.05, 3.63) is 77.6 Å². The van der Waals surface area contributed by atoms with Crippen molar-refractivity contribution >= 4 is 38.3 Å². The number of allylic oxidation sites excluding steroid dienone is 4. The molecule has 0 atom stereocenters. The minimum absolute atomic E-state index is 0.150. The van der Waals surface area contributed by atoms with Crippen LogP contribution >= 0.6 is 0 Å². The van der Waals surface area contributed by atoms with Crippen LogP contribution in [0.25, 0.3) is 22.0 Å². The van der Waals surface area contributed by atoms with Crippen LogP contribution in [0.15, 0.2) is 72.1 Å². The average Bonchev–Trinajstić information content (AvgIpc) is 3.13. The molecule has 2 aromatic heterocycles. The highest BCUT2D eigenvalue weighted by atomic mass is 32.2. The predicted octanol–water partition coefficient (Wildman–Crippen LogP) is 3.39. The Bertz CT molecular complexity index is 1400. The molecule has 3 N–H and O–H groups in total. The lowest BCUT2D eigenvalue weighted by Crippen LogP contribution is -2.25. The topological polar surface area (TPSA) is 137 Å². The molecular weight excluding hydrogens is 416 g/mol. The first-order valence-electron chi connectivity index (χ1n) is 9.37. The maximum atomic E-state index is 13.4. The monoisotopic (exact) mass is 434 g/mol. The van der Waals surface area contributed by atoms with Crippen LogP contribution in [0.1, 0.15) is 12.0 Å². The Hall–Kier alpha value is -3.85. The molecule has 3 aromatic rings. The van der Waals surface area contributed by atoms with Crippen molar-refractivity contribution in [3.63, 3.8) is 0 Å². The van der Waals surface area contributed by atoms with Crippen molar-refractivity contribution in [2.75, 3.05) is 0 Å². The van der Waals surface area contributed by atoms with Crippen molar-refractivity contribution in [2.24, 2.45) is 0 Å². The van der Waals surface area contributed by atoms with Crippen molar-refractivity contribution in [3.8, 4) is 11.1 Å². The number of nitrogens with one attached hydrogen (secondary N) is 2. The lowest BCUT2D eigenvalue weighted by atomic mass is 10.0. The van der Waals surface area contributed by atoms with Crippen LogP contribution in [-0.4, -0.2) is 39.9 Å². The van der Waals surface area contributed by atoms with Gasteiger partial charge in [0.2, 0.25) is 0 Å². The molecule has 1 aromatic carbocycles. The summed E-state index contributed by atoms with van der Waals surface area (Å²) in [5, 5.41) is 25.5. The minimum atomic E-state index is -4.16. The molecule has 1 aliphatic rings. The average molecular weight is 434 g/mol. The van der Waals surface area contributed by atoms with E-state index in [-0.39, 0.29) is 29.2 Å². The summed E-state index contributed by atoms with van der Waals surface area (Å²) in [6.07, 6.45) is 8.83. The Morgan fingerprint density at radius 2 is 1.97 bits per heavy atom. The number of nitrogens with zero attached hydrogens (tertiary/aromatic N) is 2. The number of benzene rings is 1. The number of pyridine rings is 1. The van der Waals surface area contributed by atoms with E-state index in [2.05, 4.69) is 4.98 Å². The van der Waals surface area contributed by atoms with Crippen molar-refractivity contribution < 1.29 is 18.3 Å². The fraction of sp³-hybridized carbons (Fsp3) is 0.0909. The van der Waals surface area contributed by atoms with Gasteiger partial charge in [-0.1, -0.05) is 18.2 Å². The second kappa shape index (κ2) is 7.77. The molecule has 156 valence electrons. The van der Waals surface area contributed by atoms with Gasteiger partial charge in [0.15, 0.2) is 0 Å². The summed E-state index contributed by atoms with van der Waals surface area (Å²) < 4.78 is 27.8. The number of hydrogen-bond donors (Lipinski definition) is 3. The molecule has 0 amide bonds. The van der Waals surface area contributed by atoms with E-state index in [0.717, 1.165) is 15.1 Å². The third kappa shape index (κ3) is 3.71. The van der Waals surface area contributed by atoms with Gasteiger partial charge in [0, 0.05) is 36.0 Å². The Balaban J connectivity index is 1.91. The lowest BCUT2D eigenvalue weighted by Gasteiger charge is -2.14. The van der Waals surface area contributed by atoms with E-state index in [0.29, 0.717) is 16.5 Å². The van der Waals surface area contributed by atoms with E-state index >= 15 is 0 Å². The van der Waals surface area contributed by atoms with Gasteiger partial charge in [-0.3, -0.25) is 20.6 Å². The molecule has 0 bridgehead atoms. The number of hydrogen-bond acceptors (Lipinski definition) is 6. The Kier molecular flexibility index (Phi) is 5.12. The highest BCUT2D eigenvalue weighted by Gasteiger charge is 2.29. The van der Waals surface area contributed by atoms with E-state index in [1.807, 2.05) is 12.1 Å². The van der Waals surface area contributed by atoms with Crippen LogP contribution < -0.4 is 0 Å². The number of aryl methyl sites for hydroxylation is 1. The van der Waals surface area contributed by atoms with Crippen LogP contribution in [-0.2, 0) is 21.2 Å². The molecule has 0 spiro atoms. The molecule has 0 saturated carbocycles. The second-order valence-electron chi connectivity index (χ2n) is 7.00. The number of carbonyl (C=O) groups is 1. The molecule has 31 heavy (non-hydrogen) atoms. The molecule has 0 fully saturated rings. The predicted molar refractivity (Wildman–Crippen MR) is 118 cm³/mol. The van der Waals surface area contributed by atoms with Gasteiger partial charge in [0.1, 0.15) is 4.91 Å². The first kappa shape index (κ1) is 20.4. The van der Waals surface area contributed by atoms with Gasteiger partial charge in [-0.15, -0.1) is 0 Å². The normalized spacial score (nSPS) is 14.1. The third-order valence-corrected chi connectivity index (χ3v) is 6.74. The summed E-state index contributed by atoms with van der Waals surface area (Å²) in [6.45, 7) is 0. The van der Waals surface area contributed by atoms with Gasteiger partial charge in [0.25, 0.3) is 10.0 Å². The van der Waals surface area contributed by atoms with Crippen molar-refractivity contribution in [1.29, 1.82) is 10.8 Å². The van der Waals surface area contributed by atoms with E-state index in [1.165, 1.54) is 24.4 Å². The third-order valence-electron chi connectivity index (χ3n) is 5.02. The molecule has 8 nitrogen and oxygen atoms in total. The quantitative estimate of drug-likeness (QED) is 0.511. The number of fused-ring (bicyclic) bond motifs is 1. The maximum absolute atomic E-state index is 13.4. The number of aromatic nitrogens is 2. The molecule has 0 saturated heterocycles. The first-order valence-corrected chi connectivity index (χ1v) is 10.8. The molecule has 1 aliphatic carbocycles. The molecule has 4 rings (SSSR count). The molecular formula is C22H18N4O4S. The van der Waals surface area contributed by atoms with E-state index in [4.69, 9.17) is 15.9 Å². The lowest BCUT2D eigenvalue weighted by molar-refractivity contribution is -0.136. The van der Waals surface area contributed by atoms with Crippen LogP contribution in [0.2, 0.25) is 0 Å². The highest BCUT2D eigenvalue weighted by Crippen LogP contribution is 2.31. The zero-order chi connectivity index (χ0) is 22.2. The van der Waals surface area contributed by atoms with Crippen LogP contribution in [0, 0.1) is 10.8 Å². The van der Waals surface area contributed by atoms with Gasteiger partial charge in [-0.05, 0) is 47.9 Å². The van der Waals surface area contributed by atoms with E-state index in [1.54, 1.807) is 30.6 Å². The molecule has 0 radical (unpaired) electrons. The van der Waals surface area contributed by atoms with Crippen molar-refractivity contribution in [2.45, 2.75) is 12.8 Å². The van der Waals surface area contributed by atoms with Crippen LogP contribution in [0.4, 0.5) is 0 Å². The second-order valence-corrected chi connectivity index (χ2v) is 8.78. The van der Waals surface area contributed by atoms with Gasteiger partial charge >= 0.3 is 5.97 Å². The maximum Gasteiger partial charge on any atom is 0.303 e. The molecule has 2 heterocycles. The SMILES string of the molecule is N=C1C=CC=C(S(=O)(=O)n2cc(CCC(=O)O)c3cc(-c4cccnc4)ccc32)C1=N. The van der Waals surface area contributed by atoms with E-state index < -0.39 is 16.0 Å². The van der Waals surface area contributed by atoms with E-state index in [9.17, 15) is 13.2 Å². The zero-order valence-electron chi connectivity index (χ0n) is 16.2. The number of rotatable bonds is 6. The Morgan fingerprint density at radius 3 is 2.68 bits per heavy atom. The summed E-state index contributed by atoms with van der Waals surface area (Å²) in [5.74, 6) is -0.984. The Labute approximate surface area is 178 Å². The van der Waals surface area contributed by atoms with Crippen LogP contribution in [0.3, 0.4) is 0 Å². The van der Waals surface area contributed by atoms with Gasteiger partial charge in [-0.2, -0.15) is 0 Å². The van der Waals surface area contributed by atoms with Crippen molar-refractivity contribution in [1.82, 2.24) is 8.96 Å². The number of aliphatic carboxylic acids is 1. The Morgan fingerprint density at radius 1 is 1.16 bits per heavy atom. The summed E-state index contributed by atoms with van der Waals surface area (Å²) in [6, 6.07) is 8.93. The van der Waals surface area contributed by atoms with Crippen LogP contribution in [0.5, 0.6) is 0 Å². The molecule has 0 aliphatic heterocycles. The van der Waals surface area contributed by atoms with Gasteiger partial charge in [-0.25, -0.2) is 12.4 Å². The van der Waals surface area contributed by atoms with Gasteiger partial charge in [0.05, 0.1) is 16.9 Å². The fourth-order valence-electron chi connectivity index (χ4n) is 3.47. The fourth-order valence-corrected chi connectivity index (χ4v) is 4.99. The zero-order valence-corrected chi connectivity index (χ0v) is 17.1.